The van der Waals surface area contributed by atoms with E-state index in [2.05, 4.69) is 5.32 Å². The molecule has 0 saturated heterocycles. The molecule has 3 rings (SSSR count). The number of halogens is 3. The number of carbonyl (C=O) groups excluding carboxylic acids is 2. The Hall–Kier alpha value is -1.95. The summed E-state index contributed by atoms with van der Waals surface area (Å²) in [5, 5.41) is 3.81. The molecule has 0 aliphatic carbocycles. The van der Waals surface area contributed by atoms with Gasteiger partial charge in [-0.3, -0.25) is 9.59 Å². The van der Waals surface area contributed by atoms with Crippen molar-refractivity contribution >= 4 is 58.0 Å². The van der Waals surface area contributed by atoms with Crippen LogP contribution in [-0.2, 0) is 9.59 Å². The Kier molecular flexibility index (Phi) is 5.56. The number of fused-ring (bicyclic) bond motifs is 1. The first-order valence-corrected chi connectivity index (χ1v) is 9.37. The van der Waals surface area contributed by atoms with Crippen LogP contribution in [0.4, 0.5) is 11.4 Å². The summed E-state index contributed by atoms with van der Waals surface area (Å²) >= 11 is 18.1. The van der Waals surface area contributed by atoms with Crippen LogP contribution < -0.4 is 15.0 Å². The van der Waals surface area contributed by atoms with Crippen molar-refractivity contribution in [3.63, 3.8) is 0 Å². The molecule has 5 nitrogen and oxygen atoms in total. The van der Waals surface area contributed by atoms with Crippen LogP contribution in [0.5, 0.6) is 5.75 Å². The van der Waals surface area contributed by atoms with Crippen molar-refractivity contribution in [1.82, 2.24) is 0 Å². The average Bonchev–Trinajstić information content (AvgIpc) is 2.60. The van der Waals surface area contributed by atoms with Crippen LogP contribution in [0.1, 0.15) is 20.3 Å². The summed E-state index contributed by atoms with van der Waals surface area (Å²) < 4.78 is 5.77. The van der Waals surface area contributed by atoms with Gasteiger partial charge >= 0.3 is 0 Å². The van der Waals surface area contributed by atoms with E-state index >= 15 is 0 Å². The summed E-state index contributed by atoms with van der Waals surface area (Å²) in [5.41, 5.74) is -0.0697. The number of rotatable bonds is 4. The lowest BCUT2D eigenvalue weighted by Crippen LogP contribution is -2.53. The van der Waals surface area contributed by atoms with E-state index in [1.54, 1.807) is 50.2 Å². The van der Waals surface area contributed by atoms with Gasteiger partial charge in [0, 0.05) is 18.0 Å². The van der Waals surface area contributed by atoms with Gasteiger partial charge in [-0.15, -0.1) is 0 Å². The van der Waals surface area contributed by atoms with Gasteiger partial charge in [-0.25, -0.2) is 0 Å². The number of nitrogens with zero attached hydrogens (tertiary/aromatic N) is 1. The highest BCUT2D eigenvalue weighted by Gasteiger charge is 2.40. The van der Waals surface area contributed by atoms with Crippen molar-refractivity contribution in [2.45, 2.75) is 25.9 Å². The first kappa shape index (κ1) is 19.8. The Morgan fingerprint density at radius 3 is 2.67 bits per heavy atom. The van der Waals surface area contributed by atoms with Crippen molar-refractivity contribution in [2.24, 2.45) is 0 Å². The van der Waals surface area contributed by atoms with Gasteiger partial charge in [-0.1, -0.05) is 40.9 Å². The van der Waals surface area contributed by atoms with Crippen LogP contribution >= 0.6 is 34.8 Å². The Bertz CT molecular complexity index is 915. The molecule has 27 heavy (non-hydrogen) atoms. The van der Waals surface area contributed by atoms with E-state index in [4.69, 9.17) is 39.5 Å². The van der Waals surface area contributed by atoms with E-state index < -0.39 is 5.60 Å². The molecule has 1 aliphatic rings. The molecule has 0 bridgehead atoms. The summed E-state index contributed by atoms with van der Waals surface area (Å²) in [6, 6.07) is 10.0. The lowest BCUT2D eigenvalue weighted by atomic mass is 10.0. The minimum atomic E-state index is -1.03. The number of ether oxygens (including phenoxy) is 1. The Morgan fingerprint density at radius 2 is 1.93 bits per heavy atom. The zero-order chi connectivity index (χ0) is 19.8. The molecule has 0 unspecified atom stereocenters. The molecule has 2 aromatic rings. The van der Waals surface area contributed by atoms with Gasteiger partial charge in [0.25, 0.3) is 5.91 Å². The third-order valence-corrected chi connectivity index (χ3v) is 5.18. The molecule has 2 amide bonds. The first-order valence-electron chi connectivity index (χ1n) is 8.23. The molecule has 1 heterocycles. The topological polar surface area (TPSA) is 58.6 Å². The van der Waals surface area contributed by atoms with Gasteiger partial charge in [0.1, 0.15) is 5.75 Å². The van der Waals surface area contributed by atoms with Crippen molar-refractivity contribution in [3.8, 4) is 5.75 Å². The standard InChI is InChI=1S/C19H17Cl3N2O3/c1-19(2)18(26)24(14-10-11(20)6-7-15(14)27-19)9-8-16(25)23-13-5-3-4-12(21)17(13)22/h3-7,10H,8-9H2,1-2H3,(H,23,25). The Labute approximate surface area is 172 Å². The maximum Gasteiger partial charge on any atom is 0.270 e. The highest BCUT2D eigenvalue weighted by Crippen LogP contribution is 2.39. The zero-order valence-corrected chi connectivity index (χ0v) is 17.0. The molecule has 142 valence electrons. The quantitative estimate of drug-likeness (QED) is 0.731. The van der Waals surface area contributed by atoms with E-state index in [0.717, 1.165) is 0 Å². The Morgan fingerprint density at radius 1 is 1.19 bits per heavy atom. The fourth-order valence-corrected chi connectivity index (χ4v) is 3.30. The second kappa shape index (κ2) is 7.58. The molecule has 1 N–H and O–H groups in total. The minimum Gasteiger partial charge on any atom is -0.476 e. The number of hydrogen-bond acceptors (Lipinski definition) is 3. The summed E-state index contributed by atoms with van der Waals surface area (Å²) in [6.07, 6.45) is 0.0661. The monoisotopic (exact) mass is 426 g/mol. The second-order valence-corrected chi connectivity index (χ2v) is 7.80. The van der Waals surface area contributed by atoms with Crippen molar-refractivity contribution < 1.29 is 14.3 Å². The van der Waals surface area contributed by atoms with E-state index in [-0.39, 0.29) is 29.8 Å². The van der Waals surface area contributed by atoms with Gasteiger partial charge < -0.3 is 15.0 Å². The van der Waals surface area contributed by atoms with Crippen LogP contribution in [0.25, 0.3) is 0 Å². The molecular weight excluding hydrogens is 411 g/mol. The number of amides is 2. The van der Waals surface area contributed by atoms with E-state index in [9.17, 15) is 9.59 Å². The highest BCUT2D eigenvalue weighted by atomic mass is 35.5. The van der Waals surface area contributed by atoms with Gasteiger partial charge in [0.05, 0.1) is 21.4 Å². The number of carbonyl (C=O) groups is 2. The molecule has 2 aromatic carbocycles. The second-order valence-electron chi connectivity index (χ2n) is 6.58. The molecule has 0 aromatic heterocycles. The molecule has 1 aliphatic heterocycles. The normalized spacial score (nSPS) is 15.1. The number of nitrogens with one attached hydrogen (secondary N) is 1. The summed E-state index contributed by atoms with van der Waals surface area (Å²) in [5.74, 6) is 0.00740. The lowest BCUT2D eigenvalue weighted by Gasteiger charge is -2.38. The average molecular weight is 428 g/mol. The van der Waals surface area contributed by atoms with Crippen molar-refractivity contribution in [1.29, 1.82) is 0 Å². The van der Waals surface area contributed by atoms with Crippen molar-refractivity contribution in [2.75, 3.05) is 16.8 Å². The maximum atomic E-state index is 12.8. The zero-order valence-electron chi connectivity index (χ0n) is 14.7. The van der Waals surface area contributed by atoms with Crippen LogP contribution in [0.3, 0.4) is 0 Å². The summed E-state index contributed by atoms with van der Waals surface area (Å²) in [6.45, 7) is 3.54. The molecule has 0 atom stereocenters. The third-order valence-electron chi connectivity index (χ3n) is 4.13. The number of benzene rings is 2. The smallest absolute Gasteiger partial charge is 0.270 e. The van der Waals surface area contributed by atoms with E-state index in [1.165, 1.54) is 4.90 Å². The summed E-state index contributed by atoms with van der Waals surface area (Å²) in [4.78, 5) is 26.7. The van der Waals surface area contributed by atoms with Crippen molar-refractivity contribution in [3.05, 3.63) is 51.5 Å². The van der Waals surface area contributed by atoms with Gasteiger partial charge in [-0.05, 0) is 44.2 Å². The largest absolute Gasteiger partial charge is 0.476 e. The van der Waals surface area contributed by atoms with Gasteiger partial charge in [0.15, 0.2) is 5.60 Å². The van der Waals surface area contributed by atoms with Crippen LogP contribution in [0, 0.1) is 0 Å². The fourth-order valence-electron chi connectivity index (χ4n) is 2.79. The highest BCUT2D eigenvalue weighted by molar-refractivity contribution is 6.44. The predicted molar refractivity (Wildman–Crippen MR) is 108 cm³/mol. The summed E-state index contributed by atoms with van der Waals surface area (Å²) in [7, 11) is 0. The SMILES string of the molecule is CC1(C)Oc2ccc(Cl)cc2N(CCC(=O)Nc2cccc(Cl)c2Cl)C1=O. The first-order chi connectivity index (χ1) is 12.7. The lowest BCUT2D eigenvalue weighted by molar-refractivity contribution is -0.132. The fraction of sp³-hybridized carbons (Fsp3) is 0.263. The molecule has 8 heteroatoms. The van der Waals surface area contributed by atoms with Crippen LogP contribution in [-0.4, -0.2) is 24.0 Å². The minimum absolute atomic E-state index is 0.0661. The molecule has 0 radical (unpaired) electrons. The number of anilines is 2. The molecule has 0 fully saturated rings. The third kappa shape index (κ3) is 4.15. The van der Waals surface area contributed by atoms with Gasteiger partial charge in [-0.2, -0.15) is 0 Å². The molecule has 0 saturated carbocycles. The van der Waals surface area contributed by atoms with Crippen LogP contribution in [0.2, 0.25) is 15.1 Å². The van der Waals surface area contributed by atoms with Gasteiger partial charge in [0.2, 0.25) is 5.91 Å². The van der Waals surface area contributed by atoms with Crippen LogP contribution in [0.15, 0.2) is 36.4 Å². The maximum absolute atomic E-state index is 12.8. The van der Waals surface area contributed by atoms with E-state index in [0.29, 0.717) is 27.2 Å². The predicted octanol–water partition coefficient (Wildman–Crippen LogP) is 5.18. The Balaban J connectivity index is 1.76. The molecule has 0 spiro atoms. The number of hydrogen-bond donors (Lipinski definition) is 1. The van der Waals surface area contributed by atoms with E-state index in [1.807, 2.05) is 0 Å². The molecular formula is C19H17Cl3N2O3.